The number of hydrogen-bond acceptors (Lipinski definition) is 4. The lowest BCUT2D eigenvalue weighted by atomic mass is 9.99. The minimum Gasteiger partial charge on any atom is -0.358 e. The molecule has 10 heteroatoms. The second kappa shape index (κ2) is 6.36. The van der Waals surface area contributed by atoms with Gasteiger partial charge in [-0.15, -0.1) is 0 Å². The van der Waals surface area contributed by atoms with Crippen molar-refractivity contribution in [2.24, 2.45) is 0 Å². The summed E-state index contributed by atoms with van der Waals surface area (Å²) in [6.07, 6.45) is -0.109. The summed E-state index contributed by atoms with van der Waals surface area (Å²) in [5, 5.41) is 8.59. The quantitative estimate of drug-likeness (QED) is 0.458. The zero-order valence-corrected chi connectivity index (χ0v) is 15.7. The van der Waals surface area contributed by atoms with Gasteiger partial charge < -0.3 is 4.74 Å². The third-order valence-corrected chi connectivity index (χ3v) is 5.29. The van der Waals surface area contributed by atoms with E-state index in [-0.39, 0.29) is 6.61 Å². The molecular weight excluding hydrogens is 402 g/mol. The molecule has 0 saturated carbocycles. The molecule has 0 amide bonds. The average molecular weight is 417 g/mol. The van der Waals surface area contributed by atoms with Crippen LogP contribution in [0.5, 0.6) is 0 Å². The second-order valence-corrected chi connectivity index (χ2v) is 7.32. The van der Waals surface area contributed by atoms with E-state index in [0.717, 1.165) is 24.2 Å². The fourth-order valence-corrected chi connectivity index (χ4v) is 3.58. The maximum absolute atomic E-state index is 13.5. The molecular formula is C20H15F4N5O. The van der Waals surface area contributed by atoms with Gasteiger partial charge in [-0.05, 0) is 42.8 Å². The summed E-state index contributed by atoms with van der Waals surface area (Å²) >= 11 is 0. The van der Waals surface area contributed by atoms with Crippen LogP contribution in [0, 0.1) is 5.82 Å². The van der Waals surface area contributed by atoms with E-state index >= 15 is 0 Å². The number of nitrogens with zero attached hydrogens (tertiary/aromatic N) is 5. The van der Waals surface area contributed by atoms with E-state index in [4.69, 9.17) is 4.74 Å². The second-order valence-electron chi connectivity index (χ2n) is 7.32. The predicted octanol–water partition coefficient (Wildman–Crippen LogP) is 4.25. The van der Waals surface area contributed by atoms with Crippen LogP contribution in [0.4, 0.5) is 17.6 Å². The molecule has 1 aliphatic rings. The van der Waals surface area contributed by atoms with Crippen molar-refractivity contribution in [1.29, 1.82) is 0 Å². The van der Waals surface area contributed by atoms with Gasteiger partial charge in [0, 0.05) is 18.0 Å². The van der Waals surface area contributed by atoms with Crippen LogP contribution < -0.4 is 0 Å². The molecule has 5 heterocycles. The van der Waals surface area contributed by atoms with Crippen molar-refractivity contribution < 1.29 is 22.3 Å². The number of hydrogen-bond donors (Lipinski definition) is 0. The van der Waals surface area contributed by atoms with Crippen molar-refractivity contribution in [3.63, 3.8) is 0 Å². The van der Waals surface area contributed by atoms with Crippen LogP contribution in [-0.4, -0.2) is 36.2 Å². The van der Waals surface area contributed by atoms with Gasteiger partial charge in [-0.1, -0.05) is 0 Å². The normalized spacial score (nSPS) is 19.2. The molecule has 0 spiro atoms. The van der Waals surface area contributed by atoms with Crippen LogP contribution in [0.25, 0.3) is 28.0 Å². The molecule has 0 fully saturated rings. The molecule has 0 bridgehead atoms. The van der Waals surface area contributed by atoms with E-state index in [1.807, 2.05) is 12.1 Å². The van der Waals surface area contributed by atoms with Crippen molar-refractivity contribution >= 4 is 5.52 Å². The molecule has 0 unspecified atom stereocenters. The molecule has 30 heavy (non-hydrogen) atoms. The van der Waals surface area contributed by atoms with Gasteiger partial charge in [0.05, 0.1) is 36.3 Å². The summed E-state index contributed by atoms with van der Waals surface area (Å²) in [6, 6.07) is 8.15. The zero-order chi connectivity index (χ0) is 21.1. The van der Waals surface area contributed by atoms with Crippen LogP contribution in [-0.2, 0) is 17.9 Å². The van der Waals surface area contributed by atoms with Crippen LogP contribution in [0.2, 0.25) is 0 Å². The molecule has 0 saturated heterocycles. The summed E-state index contributed by atoms with van der Waals surface area (Å²) < 4.78 is 62.2. The minimum absolute atomic E-state index is 0.274. The topological polar surface area (TPSA) is 57.2 Å². The van der Waals surface area contributed by atoms with Crippen LogP contribution in [0.15, 0.2) is 48.9 Å². The summed E-state index contributed by atoms with van der Waals surface area (Å²) in [6.45, 7) is 0.240. The number of alkyl halides is 3. The van der Waals surface area contributed by atoms with Crippen molar-refractivity contribution in [2.75, 3.05) is 0 Å². The molecule has 0 radical (unpaired) electrons. The van der Waals surface area contributed by atoms with Gasteiger partial charge in [-0.25, -0.2) is 8.91 Å². The maximum atomic E-state index is 13.5. The first-order valence-electron chi connectivity index (χ1n) is 9.11. The van der Waals surface area contributed by atoms with Crippen molar-refractivity contribution in [1.82, 2.24) is 24.4 Å². The Labute approximate surface area is 167 Å². The van der Waals surface area contributed by atoms with E-state index in [1.165, 1.54) is 16.8 Å². The highest BCUT2D eigenvalue weighted by Gasteiger charge is 2.55. The smallest absolute Gasteiger partial charge is 0.358 e. The molecule has 0 aromatic carbocycles. The standard InChI is InChI=1S/C20H15F4N5O/c1-19(20(22,23)24)11-29-16(10-30-19)17(12-5-7-28-14(8-12)4-6-26-28)18(27-29)15-3-2-13(21)9-25-15/h2-9H,10-11H2,1H3/t19-/m0/s1. The van der Waals surface area contributed by atoms with Crippen molar-refractivity contribution in [3.8, 4) is 22.5 Å². The lowest BCUT2D eigenvalue weighted by molar-refractivity contribution is -0.287. The van der Waals surface area contributed by atoms with Gasteiger partial charge in [-0.3, -0.25) is 9.67 Å². The number of halogens is 4. The Morgan fingerprint density at radius 3 is 2.73 bits per heavy atom. The Morgan fingerprint density at radius 2 is 2.00 bits per heavy atom. The maximum Gasteiger partial charge on any atom is 0.419 e. The number of pyridine rings is 2. The average Bonchev–Trinajstić information content (AvgIpc) is 3.31. The Balaban J connectivity index is 1.71. The van der Waals surface area contributed by atoms with E-state index in [9.17, 15) is 17.6 Å². The van der Waals surface area contributed by atoms with E-state index in [2.05, 4.69) is 15.2 Å². The number of ether oxygens (including phenoxy) is 1. The molecule has 1 atom stereocenters. The summed E-state index contributed by atoms with van der Waals surface area (Å²) in [4.78, 5) is 4.08. The van der Waals surface area contributed by atoms with Gasteiger partial charge >= 0.3 is 6.18 Å². The van der Waals surface area contributed by atoms with Crippen molar-refractivity contribution in [2.45, 2.75) is 31.9 Å². The predicted molar refractivity (Wildman–Crippen MR) is 98.9 cm³/mol. The molecule has 1 aliphatic heterocycles. The molecule has 154 valence electrons. The van der Waals surface area contributed by atoms with E-state index in [0.29, 0.717) is 22.6 Å². The lowest BCUT2D eigenvalue weighted by Crippen LogP contribution is -2.51. The summed E-state index contributed by atoms with van der Waals surface area (Å²) in [5.74, 6) is -0.516. The van der Waals surface area contributed by atoms with Gasteiger partial charge in [0.1, 0.15) is 11.5 Å². The van der Waals surface area contributed by atoms with Crippen LogP contribution in [0.1, 0.15) is 12.6 Å². The number of fused-ring (bicyclic) bond motifs is 2. The lowest BCUT2D eigenvalue weighted by Gasteiger charge is -2.36. The molecule has 6 nitrogen and oxygen atoms in total. The molecule has 4 aromatic rings. The largest absolute Gasteiger partial charge is 0.419 e. The van der Waals surface area contributed by atoms with Gasteiger partial charge in [0.2, 0.25) is 0 Å². The molecule has 0 N–H and O–H groups in total. The first-order valence-corrected chi connectivity index (χ1v) is 9.11. The fourth-order valence-electron chi connectivity index (χ4n) is 3.58. The minimum atomic E-state index is -4.55. The Hall–Kier alpha value is -3.27. The highest BCUT2D eigenvalue weighted by Crippen LogP contribution is 2.42. The highest BCUT2D eigenvalue weighted by molar-refractivity contribution is 5.83. The third kappa shape index (κ3) is 2.86. The van der Waals surface area contributed by atoms with E-state index < -0.39 is 24.1 Å². The fraction of sp³-hybridized carbons (Fsp3) is 0.250. The third-order valence-electron chi connectivity index (χ3n) is 5.29. The number of aromatic nitrogens is 5. The van der Waals surface area contributed by atoms with Crippen LogP contribution >= 0.6 is 0 Å². The molecule has 4 aromatic heterocycles. The Morgan fingerprint density at radius 1 is 1.17 bits per heavy atom. The first kappa shape index (κ1) is 18.7. The Kier molecular flexibility index (Phi) is 3.97. The van der Waals surface area contributed by atoms with Crippen LogP contribution in [0.3, 0.4) is 0 Å². The SMILES string of the molecule is C[C@@]1(C(F)(F)F)Cn2nc(-c3ccc(F)cn3)c(-c3ccn4nccc4c3)c2CO1. The zero-order valence-electron chi connectivity index (χ0n) is 15.7. The summed E-state index contributed by atoms with van der Waals surface area (Å²) in [5.41, 5.74) is 1.00. The van der Waals surface area contributed by atoms with Gasteiger partial charge in [0.15, 0.2) is 5.60 Å². The van der Waals surface area contributed by atoms with E-state index in [1.54, 1.807) is 23.0 Å². The summed E-state index contributed by atoms with van der Waals surface area (Å²) in [7, 11) is 0. The van der Waals surface area contributed by atoms with Gasteiger partial charge in [0.25, 0.3) is 0 Å². The monoisotopic (exact) mass is 417 g/mol. The highest BCUT2D eigenvalue weighted by atomic mass is 19.4. The Bertz CT molecular complexity index is 1240. The molecule has 5 rings (SSSR count). The van der Waals surface area contributed by atoms with Gasteiger partial charge in [-0.2, -0.15) is 23.4 Å². The number of rotatable bonds is 2. The molecule has 0 aliphatic carbocycles. The first-order chi connectivity index (χ1) is 14.2. The van der Waals surface area contributed by atoms with Crippen molar-refractivity contribution in [3.05, 3.63) is 60.4 Å².